The zero-order valence-electron chi connectivity index (χ0n) is 21.7. The van der Waals surface area contributed by atoms with Crippen LogP contribution in [0.5, 0.6) is 0 Å². The number of hydrogen-bond acceptors (Lipinski definition) is 4. The van der Waals surface area contributed by atoms with Crippen LogP contribution in [-0.2, 0) is 14.3 Å². The molecule has 0 aromatic heterocycles. The second-order valence-electron chi connectivity index (χ2n) is 11.9. The van der Waals surface area contributed by atoms with Crippen LogP contribution in [0.3, 0.4) is 0 Å². The summed E-state index contributed by atoms with van der Waals surface area (Å²) in [5.41, 5.74) is 3.35. The van der Waals surface area contributed by atoms with Gasteiger partial charge in [-0.15, -0.1) is 0 Å². The van der Waals surface area contributed by atoms with Gasteiger partial charge in [0.15, 0.2) is 0 Å². The van der Waals surface area contributed by atoms with E-state index in [1.807, 2.05) is 0 Å². The zero-order chi connectivity index (χ0) is 24.0. The van der Waals surface area contributed by atoms with Gasteiger partial charge in [0.1, 0.15) is 0 Å². The molecule has 5 nitrogen and oxygen atoms in total. The van der Waals surface area contributed by atoms with E-state index in [2.05, 4.69) is 17.2 Å². The van der Waals surface area contributed by atoms with Gasteiger partial charge in [-0.2, -0.15) is 0 Å². The van der Waals surface area contributed by atoms with Gasteiger partial charge < -0.3 is 19.5 Å². The minimum Gasteiger partial charge on any atom is -0.481 e. The third kappa shape index (κ3) is 6.71. The summed E-state index contributed by atoms with van der Waals surface area (Å²) in [4.78, 5) is 14.0. The molecule has 0 amide bonds. The molecule has 0 bridgehead atoms. The summed E-state index contributed by atoms with van der Waals surface area (Å²) in [5.74, 6) is 0.580. The number of nitrogens with zero attached hydrogens (tertiary/aromatic N) is 1. The maximum atomic E-state index is 11.2. The summed E-state index contributed by atoms with van der Waals surface area (Å²) >= 11 is 0. The van der Waals surface area contributed by atoms with E-state index in [-0.39, 0.29) is 0 Å². The fourth-order valence-electron chi connectivity index (χ4n) is 7.60. The molecule has 1 N–H and O–H groups in total. The van der Waals surface area contributed by atoms with Gasteiger partial charge in [-0.25, -0.2) is 0 Å². The van der Waals surface area contributed by atoms with E-state index in [0.717, 1.165) is 32.5 Å². The van der Waals surface area contributed by atoms with E-state index >= 15 is 0 Å². The maximum Gasteiger partial charge on any atom is 0.303 e. The molecule has 2 heterocycles. The number of fused-ring (bicyclic) bond motifs is 1. The van der Waals surface area contributed by atoms with Crippen LogP contribution in [0.4, 0.5) is 0 Å². The first kappa shape index (κ1) is 25.3. The molecule has 196 valence electrons. The predicted octanol–water partition coefficient (Wildman–Crippen LogP) is 6.62. The van der Waals surface area contributed by atoms with Crippen molar-refractivity contribution >= 4 is 5.97 Å². The number of ether oxygens (including phenoxy) is 2. The van der Waals surface area contributed by atoms with Gasteiger partial charge >= 0.3 is 5.97 Å². The Balaban J connectivity index is 1.20. The standard InChI is InChI=1S/C30H47NO4/c32-30(33)15-8-23-7-14-29-28(20-23)24(9-6-22-4-2-1-3-5-22)21-31(29)25-10-12-26(13-11-25)35-27-16-18-34-19-17-27/h4,21,23,25-29H,1-3,5-20H2,(H,32,33). The van der Waals surface area contributed by atoms with E-state index in [9.17, 15) is 9.90 Å². The highest BCUT2D eigenvalue weighted by Crippen LogP contribution is 2.47. The molecule has 0 aromatic rings. The van der Waals surface area contributed by atoms with Crippen molar-refractivity contribution in [1.82, 2.24) is 4.90 Å². The number of carboxylic acids is 1. The fraction of sp³-hybridized carbons (Fsp3) is 0.833. The molecule has 2 saturated carbocycles. The molecule has 1 saturated heterocycles. The third-order valence-corrected chi connectivity index (χ3v) is 9.60. The van der Waals surface area contributed by atoms with Crippen LogP contribution in [0, 0.1) is 11.8 Å². The lowest BCUT2D eigenvalue weighted by Gasteiger charge is -2.43. The highest BCUT2D eigenvalue weighted by molar-refractivity contribution is 5.66. The van der Waals surface area contributed by atoms with Crippen molar-refractivity contribution in [2.75, 3.05) is 13.2 Å². The Bertz CT molecular complexity index is 762. The highest BCUT2D eigenvalue weighted by atomic mass is 16.5. The Morgan fingerprint density at radius 2 is 1.80 bits per heavy atom. The van der Waals surface area contributed by atoms with E-state index in [4.69, 9.17) is 9.47 Å². The van der Waals surface area contributed by atoms with Crippen LogP contribution in [0.1, 0.15) is 109 Å². The summed E-state index contributed by atoms with van der Waals surface area (Å²) < 4.78 is 12.0. The average Bonchev–Trinajstić information content (AvgIpc) is 3.26. The molecule has 3 aliphatic carbocycles. The molecule has 35 heavy (non-hydrogen) atoms. The van der Waals surface area contributed by atoms with Crippen molar-refractivity contribution in [2.45, 2.75) is 133 Å². The van der Waals surface area contributed by atoms with Gasteiger partial charge in [0.25, 0.3) is 0 Å². The lowest BCUT2D eigenvalue weighted by Crippen LogP contribution is -2.45. The Morgan fingerprint density at radius 1 is 1.00 bits per heavy atom. The van der Waals surface area contributed by atoms with Crippen molar-refractivity contribution in [3.05, 3.63) is 23.4 Å². The minimum atomic E-state index is -0.639. The van der Waals surface area contributed by atoms with Crippen LogP contribution in [-0.4, -0.2) is 53.5 Å². The average molecular weight is 486 g/mol. The van der Waals surface area contributed by atoms with Gasteiger partial charge in [-0.3, -0.25) is 4.79 Å². The normalized spacial score (nSPS) is 34.3. The van der Waals surface area contributed by atoms with E-state index in [1.54, 1.807) is 11.1 Å². The molecule has 5 aliphatic rings. The monoisotopic (exact) mass is 485 g/mol. The van der Waals surface area contributed by atoms with E-state index in [1.165, 1.54) is 83.5 Å². The molecule has 0 radical (unpaired) electrons. The Morgan fingerprint density at radius 3 is 2.54 bits per heavy atom. The largest absolute Gasteiger partial charge is 0.481 e. The van der Waals surface area contributed by atoms with Crippen LogP contribution in [0.25, 0.3) is 0 Å². The Kier molecular flexibility index (Phi) is 8.88. The number of rotatable bonds is 9. The second-order valence-corrected chi connectivity index (χ2v) is 11.9. The molecular formula is C30H47NO4. The fourth-order valence-corrected chi connectivity index (χ4v) is 7.60. The molecule has 3 unspecified atom stereocenters. The zero-order valence-corrected chi connectivity index (χ0v) is 21.7. The lowest BCUT2D eigenvalue weighted by molar-refractivity contribution is -0.137. The minimum absolute atomic E-state index is 0.328. The Labute approximate surface area is 212 Å². The molecule has 3 atom stereocenters. The van der Waals surface area contributed by atoms with Crippen molar-refractivity contribution in [3.63, 3.8) is 0 Å². The lowest BCUT2D eigenvalue weighted by atomic mass is 9.73. The van der Waals surface area contributed by atoms with Gasteiger partial charge in [-0.05, 0) is 120 Å². The van der Waals surface area contributed by atoms with Crippen molar-refractivity contribution in [1.29, 1.82) is 0 Å². The topological polar surface area (TPSA) is 59.0 Å². The smallest absolute Gasteiger partial charge is 0.303 e. The molecule has 0 aromatic carbocycles. The number of carboxylic acid groups (broad SMARTS) is 1. The molecule has 5 heteroatoms. The van der Waals surface area contributed by atoms with Crippen molar-refractivity contribution < 1.29 is 19.4 Å². The molecule has 3 fully saturated rings. The summed E-state index contributed by atoms with van der Waals surface area (Å²) in [6.07, 6.45) is 25.4. The van der Waals surface area contributed by atoms with Crippen LogP contribution in [0.15, 0.2) is 23.4 Å². The number of hydrogen-bond donors (Lipinski definition) is 1. The van der Waals surface area contributed by atoms with E-state index in [0.29, 0.717) is 42.5 Å². The van der Waals surface area contributed by atoms with Crippen molar-refractivity contribution in [2.24, 2.45) is 11.8 Å². The van der Waals surface area contributed by atoms with Crippen LogP contribution >= 0.6 is 0 Å². The summed E-state index contributed by atoms with van der Waals surface area (Å²) in [7, 11) is 0. The first-order valence-electron chi connectivity index (χ1n) is 14.8. The molecular weight excluding hydrogens is 438 g/mol. The molecule has 0 spiro atoms. The molecule has 5 rings (SSSR count). The number of aliphatic carboxylic acids is 1. The summed E-state index contributed by atoms with van der Waals surface area (Å²) in [5, 5.41) is 9.21. The molecule has 2 aliphatic heterocycles. The first-order valence-corrected chi connectivity index (χ1v) is 14.8. The summed E-state index contributed by atoms with van der Waals surface area (Å²) in [6.45, 7) is 1.71. The van der Waals surface area contributed by atoms with Crippen molar-refractivity contribution in [3.8, 4) is 0 Å². The van der Waals surface area contributed by atoms with Gasteiger partial charge in [0.05, 0.1) is 12.2 Å². The Hall–Kier alpha value is -1.33. The number of carbonyl (C=O) groups is 1. The van der Waals surface area contributed by atoms with Gasteiger partial charge in [-0.1, -0.05) is 11.6 Å². The quantitative estimate of drug-likeness (QED) is 0.372. The van der Waals surface area contributed by atoms with Gasteiger partial charge in [0.2, 0.25) is 0 Å². The highest BCUT2D eigenvalue weighted by Gasteiger charge is 2.42. The SMILES string of the molecule is O=C(O)CCC1CCC2C(C1)C(CCC1=CCCCC1)=CN2C1CCC(OC2CCOCC2)CC1. The number of allylic oxidation sites excluding steroid dienone is 2. The van der Waals surface area contributed by atoms with Crippen LogP contribution in [0.2, 0.25) is 0 Å². The predicted molar refractivity (Wildman–Crippen MR) is 138 cm³/mol. The van der Waals surface area contributed by atoms with Gasteiger partial charge in [0, 0.05) is 37.6 Å². The third-order valence-electron chi connectivity index (χ3n) is 9.60. The van der Waals surface area contributed by atoms with Crippen LogP contribution < -0.4 is 0 Å². The maximum absolute atomic E-state index is 11.2. The first-order chi connectivity index (χ1) is 17.2. The van der Waals surface area contributed by atoms with E-state index < -0.39 is 5.97 Å². The second kappa shape index (κ2) is 12.3. The summed E-state index contributed by atoms with van der Waals surface area (Å²) in [6, 6.07) is 1.29.